The van der Waals surface area contributed by atoms with Crippen LogP contribution in [0.1, 0.15) is 54.9 Å². The van der Waals surface area contributed by atoms with Gasteiger partial charge in [0, 0.05) is 32.0 Å². The molecule has 4 rings (SSSR count). The summed E-state index contributed by atoms with van der Waals surface area (Å²) in [6, 6.07) is 1.80. The number of aromatic hydroxyl groups is 2. The number of hydrogen-bond acceptors (Lipinski definition) is 14. The normalized spacial score (nSPS) is 30.4. The molecule has 0 aromatic heterocycles. The number of aliphatic hydroxyl groups excluding tert-OH is 4. The van der Waals surface area contributed by atoms with Gasteiger partial charge in [-0.1, -0.05) is 23.4 Å². The molecule has 1 aromatic rings. The lowest BCUT2D eigenvalue weighted by molar-refractivity contribution is -0.205. The minimum atomic E-state index is -1.56. The Labute approximate surface area is 288 Å². The molecule has 0 aliphatic carbocycles. The maximum atomic E-state index is 13.2. The van der Waals surface area contributed by atoms with Gasteiger partial charge in [-0.3, -0.25) is 9.59 Å². The van der Waals surface area contributed by atoms with E-state index in [1.165, 1.54) is 6.07 Å². The molecule has 15 nitrogen and oxygen atoms in total. The van der Waals surface area contributed by atoms with Crippen LogP contribution >= 0.6 is 11.8 Å². The average Bonchev–Trinajstić information content (AvgIpc) is 3.06. The van der Waals surface area contributed by atoms with E-state index >= 15 is 0 Å². The number of benzene rings is 1. The Morgan fingerprint density at radius 2 is 1.82 bits per heavy atom. The minimum absolute atomic E-state index is 0.0855. The number of oxime groups is 1. The largest absolute Gasteiger partial charge is 0.508 e. The van der Waals surface area contributed by atoms with Crippen molar-refractivity contribution >= 4 is 35.3 Å². The molecule has 270 valence electrons. The van der Waals surface area contributed by atoms with Crippen molar-refractivity contribution in [3.8, 4) is 11.5 Å². The smallest absolute Gasteiger partial charge is 0.342 e. The predicted molar refractivity (Wildman–Crippen MR) is 178 cm³/mol. The zero-order valence-electron chi connectivity index (χ0n) is 27.2. The molecule has 0 radical (unpaired) electrons. The maximum absolute atomic E-state index is 13.2. The summed E-state index contributed by atoms with van der Waals surface area (Å²) < 4.78 is 11.0. The van der Waals surface area contributed by atoms with E-state index in [0.717, 1.165) is 37.1 Å². The first kappa shape index (κ1) is 38.1. The molecule has 0 saturated carbocycles. The summed E-state index contributed by atoms with van der Waals surface area (Å²) in [7, 11) is 0. The summed E-state index contributed by atoms with van der Waals surface area (Å²) in [4.78, 5) is 45.9. The van der Waals surface area contributed by atoms with E-state index in [9.17, 15) is 45.0 Å². The van der Waals surface area contributed by atoms with Gasteiger partial charge >= 0.3 is 5.97 Å². The Kier molecular flexibility index (Phi) is 14.3. The Morgan fingerprint density at radius 3 is 2.55 bits per heavy atom. The van der Waals surface area contributed by atoms with Gasteiger partial charge in [-0.2, -0.15) is 0 Å². The number of fused-ring (bicyclic) bond motifs is 1. The summed E-state index contributed by atoms with van der Waals surface area (Å²) in [5.74, 6) is -2.39. The lowest BCUT2D eigenvalue weighted by Gasteiger charge is -2.39. The van der Waals surface area contributed by atoms with Crippen molar-refractivity contribution in [2.24, 2.45) is 5.16 Å². The Balaban J connectivity index is 1.50. The molecular formula is C33H45N3O12S. The molecule has 7 N–H and O–H groups in total. The SMILES string of the molecule is C[C@@H]1C/C=C/[C@H](NC(=O)CS[C@@H]2OC(CO)[C@@H](O)[C@H](O)C2O)C/C=C/C(=N\OCC(=O)N2CCCCC2)Cc2cc(O)cc(O)c2C(=O)O1. The molecule has 7 atom stereocenters. The van der Waals surface area contributed by atoms with Crippen LogP contribution in [0.15, 0.2) is 41.6 Å². The van der Waals surface area contributed by atoms with Gasteiger partial charge in [0.25, 0.3) is 5.91 Å². The monoisotopic (exact) mass is 707 g/mol. The van der Waals surface area contributed by atoms with Crippen molar-refractivity contribution in [2.75, 3.05) is 32.1 Å². The molecule has 0 spiro atoms. The summed E-state index contributed by atoms with van der Waals surface area (Å²) >= 11 is 0.900. The molecule has 49 heavy (non-hydrogen) atoms. The number of phenols is 2. The highest BCUT2D eigenvalue weighted by Gasteiger charge is 2.43. The number of likely N-dealkylation sites (tertiary alicyclic amines) is 1. The lowest BCUT2D eigenvalue weighted by Crippen LogP contribution is -2.57. The number of ether oxygens (including phenoxy) is 2. The number of piperidine rings is 1. The third-order valence-corrected chi connectivity index (χ3v) is 9.40. The van der Waals surface area contributed by atoms with Crippen LogP contribution in [0.4, 0.5) is 0 Å². The second-order valence-corrected chi connectivity index (χ2v) is 13.3. The second kappa shape index (κ2) is 18.4. The van der Waals surface area contributed by atoms with Crippen molar-refractivity contribution in [3.05, 3.63) is 47.6 Å². The highest BCUT2D eigenvalue weighted by molar-refractivity contribution is 8.00. The topological polar surface area (TPSA) is 228 Å². The molecule has 2 amide bonds. The van der Waals surface area contributed by atoms with Gasteiger partial charge in [-0.05, 0) is 50.3 Å². The number of esters is 1. The second-order valence-electron chi connectivity index (χ2n) is 12.2. The third kappa shape index (κ3) is 10.9. The summed E-state index contributed by atoms with van der Waals surface area (Å²) in [6.45, 7) is 2.07. The van der Waals surface area contributed by atoms with Crippen molar-refractivity contribution in [3.63, 3.8) is 0 Å². The van der Waals surface area contributed by atoms with Crippen LogP contribution in [0.3, 0.4) is 0 Å². The highest BCUT2D eigenvalue weighted by atomic mass is 32.2. The van der Waals surface area contributed by atoms with Crippen molar-refractivity contribution in [1.29, 1.82) is 0 Å². The molecule has 3 aliphatic rings. The Bertz CT molecular complexity index is 1400. The summed E-state index contributed by atoms with van der Waals surface area (Å²) in [5, 5.41) is 67.6. The van der Waals surface area contributed by atoms with Crippen molar-refractivity contribution in [1.82, 2.24) is 10.2 Å². The number of aliphatic hydroxyl groups is 4. The number of nitrogens with one attached hydrogen (secondary N) is 1. The lowest BCUT2D eigenvalue weighted by atomic mass is 9.99. The standard InChI is InChI=1S/C33H45N3O12S/c1-19-7-5-8-21(34-26(40)18-49-33-31(44)30(43)29(42)25(16-37)48-33)9-6-10-22(35-46-17-27(41)36-11-3-2-4-12-36)13-20-14-23(38)15-24(39)28(20)32(45)47-19/h5-6,8,10,14-15,19,21,25,29-31,33,37-39,42-44H,2-4,7,9,11-13,16-18H2,1H3,(H,34,40)/b8-5+,10-6+,35-22+/t19-,21+,25?,29-,30+,31?,33+/m1/s1. The highest BCUT2D eigenvalue weighted by Crippen LogP contribution is 2.30. The van der Waals surface area contributed by atoms with Crippen LogP contribution in [-0.4, -0.2) is 133 Å². The number of cyclic esters (lactones) is 1. The quantitative estimate of drug-likeness (QED) is 0.111. The van der Waals surface area contributed by atoms with Crippen LogP contribution in [0.2, 0.25) is 0 Å². The average molecular weight is 708 g/mol. The van der Waals surface area contributed by atoms with E-state index in [1.807, 2.05) is 0 Å². The minimum Gasteiger partial charge on any atom is -0.508 e. The Hall–Kier alpha value is -3.67. The number of phenolic OH excluding ortho intramolecular Hbond substituents is 2. The van der Waals surface area contributed by atoms with Crippen LogP contribution in [-0.2, 0) is 30.3 Å². The first-order valence-electron chi connectivity index (χ1n) is 16.2. The number of carbonyl (C=O) groups is 3. The number of allylic oxidation sites excluding steroid dienone is 1. The van der Waals surface area contributed by atoms with E-state index in [1.54, 1.807) is 36.1 Å². The number of amides is 2. The molecule has 2 saturated heterocycles. The van der Waals surface area contributed by atoms with Gasteiger partial charge in [0.1, 0.15) is 53.0 Å². The maximum Gasteiger partial charge on any atom is 0.342 e. The first-order chi connectivity index (χ1) is 23.5. The van der Waals surface area contributed by atoms with Gasteiger partial charge in [0.15, 0.2) is 6.61 Å². The Morgan fingerprint density at radius 1 is 1.06 bits per heavy atom. The summed E-state index contributed by atoms with van der Waals surface area (Å²) in [5.41, 5.74) is -0.744. The van der Waals surface area contributed by atoms with Crippen molar-refractivity contribution in [2.45, 2.75) is 87.4 Å². The fourth-order valence-electron chi connectivity index (χ4n) is 5.64. The zero-order chi connectivity index (χ0) is 35.5. The number of hydrogen-bond donors (Lipinski definition) is 7. The molecular weight excluding hydrogens is 662 g/mol. The molecule has 0 bridgehead atoms. The number of carbonyl (C=O) groups excluding carboxylic acids is 3. The number of nitrogens with zero attached hydrogens (tertiary/aromatic N) is 2. The molecule has 3 aliphatic heterocycles. The third-order valence-electron chi connectivity index (χ3n) is 8.26. The van der Waals surface area contributed by atoms with Crippen LogP contribution < -0.4 is 5.32 Å². The fourth-order valence-corrected chi connectivity index (χ4v) is 6.62. The molecule has 1 aromatic carbocycles. The first-order valence-corrected chi connectivity index (χ1v) is 17.3. The number of thioether (sulfide) groups is 1. The van der Waals surface area contributed by atoms with E-state index < -0.39 is 66.2 Å². The van der Waals surface area contributed by atoms with E-state index in [0.29, 0.717) is 13.1 Å². The van der Waals surface area contributed by atoms with E-state index in [-0.39, 0.29) is 60.1 Å². The molecule has 2 unspecified atom stereocenters. The predicted octanol–water partition coefficient (Wildman–Crippen LogP) is 0.495. The molecule has 2 fully saturated rings. The van der Waals surface area contributed by atoms with Gasteiger partial charge in [0.05, 0.1) is 24.1 Å². The van der Waals surface area contributed by atoms with Crippen LogP contribution in [0.25, 0.3) is 0 Å². The molecule has 16 heteroatoms. The van der Waals surface area contributed by atoms with Gasteiger partial charge in [-0.25, -0.2) is 4.79 Å². The van der Waals surface area contributed by atoms with Crippen LogP contribution in [0.5, 0.6) is 11.5 Å². The van der Waals surface area contributed by atoms with Gasteiger partial charge in [-0.15, -0.1) is 11.8 Å². The zero-order valence-corrected chi connectivity index (χ0v) is 28.0. The van der Waals surface area contributed by atoms with Gasteiger partial charge in [0.2, 0.25) is 5.91 Å². The van der Waals surface area contributed by atoms with E-state index in [2.05, 4.69) is 10.5 Å². The van der Waals surface area contributed by atoms with E-state index in [4.69, 9.17) is 14.3 Å². The van der Waals surface area contributed by atoms with Gasteiger partial charge < -0.3 is 55.2 Å². The molecule has 3 heterocycles. The van der Waals surface area contributed by atoms with Crippen LogP contribution in [0, 0.1) is 0 Å². The summed E-state index contributed by atoms with van der Waals surface area (Å²) in [6.07, 6.45) is 3.85. The van der Waals surface area contributed by atoms with Crippen molar-refractivity contribution < 1.29 is 59.3 Å². The number of rotatable bonds is 8. The fraction of sp³-hybridized carbons (Fsp3) is 0.576.